The maximum absolute atomic E-state index is 6.16. The van der Waals surface area contributed by atoms with Gasteiger partial charge in [0.15, 0.2) is 0 Å². The van der Waals surface area contributed by atoms with Crippen molar-refractivity contribution in [3.05, 3.63) is 55.6 Å². The zero-order valence-electron chi connectivity index (χ0n) is 8.49. The summed E-state index contributed by atoms with van der Waals surface area (Å²) in [6.45, 7) is 0. The van der Waals surface area contributed by atoms with Gasteiger partial charge in [0.25, 0.3) is 0 Å². The standard InChI is InChI=1S/C12H11BrClNS/c13-9-1-2-11(14)10(6-9)12(15)5-8-3-4-16-7-8/h1-4,6-7,12H,5,15H2. The third kappa shape index (κ3) is 2.86. The molecule has 0 spiro atoms. The highest BCUT2D eigenvalue weighted by atomic mass is 79.9. The van der Waals surface area contributed by atoms with Gasteiger partial charge >= 0.3 is 0 Å². The van der Waals surface area contributed by atoms with E-state index in [0.29, 0.717) is 0 Å². The Morgan fingerprint density at radius 2 is 2.19 bits per heavy atom. The predicted octanol–water partition coefficient (Wildman–Crippen LogP) is 4.41. The van der Waals surface area contributed by atoms with Crippen LogP contribution in [0.15, 0.2) is 39.5 Å². The van der Waals surface area contributed by atoms with Gasteiger partial charge in [-0.05, 0) is 52.6 Å². The first-order valence-electron chi connectivity index (χ1n) is 4.88. The molecule has 1 heterocycles. The maximum atomic E-state index is 6.16. The van der Waals surface area contributed by atoms with Crippen LogP contribution in [0.2, 0.25) is 5.02 Å². The van der Waals surface area contributed by atoms with E-state index in [1.54, 1.807) is 11.3 Å². The molecule has 84 valence electrons. The largest absolute Gasteiger partial charge is 0.324 e. The monoisotopic (exact) mass is 315 g/mol. The lowest BCUT2D eigenvalue weighted by Gasteiger charge is -2.13. The summed E-state index contributed by atoms with van der Waals surface area (Å²) >= 11 is 11.2. The molecule has 0 saturated carbocycles. The van der Waals surface area contributed by atoms with E-state index in [1.165, 1.54) is 5.56 Å². The van der Waals surface area contributed by atoms with Gasteiger partial charge in [-0.3, -0.25) is 0 Å². The number of halogens is 2. The minimum absolute atomic E-state index is 0.0559. The van der Waals surface area contributed by atoms with Gasteiger partial charge in [-0.1, -0.05) is 27.5 Å². The molecule has 0 aliphatic heterocycles. The van der Waals surface area contributed by atoms with Crippen molar-refractivity contribution in [2.24, 2.45) is 5.73 Å². The number of rotatable bonds is 3. The molecular weight excluding hydrogens is 306 g/mol. The van der Waals surface area contributed by atoms with E-state index < -0.39 is 0 Å². The van der Waals surface area contributed by atoms with Gasteiger partial charge in [0, 0.05) is 15.5 Å². The van der Waals surface area contributed by atoms with Crippen LogP contribution in [0.3, 0.4) is 0 Å². The molecule has 0 bridgehead atoms. The minimum atomic E-state index is -0.0559. The van der Waals surface area contributed by atoms with Crippen LogP contribution in [0.1, 0.15) is 17.2 Å². The molecule has 16 heavy (non-hydrogen) atoms. The second-order valence-corrected chi connectivity index (χ2v) is 5.71. The van der Waals surface area contributed by atoms with Gasteiger partial charge in [-0.15, -0.1) is 0 Å². The van der Waals surface area contributed by atoms with Crippen molar-refractivity contribution in [1.82, 2.24) is 0 Å². The van der Waals surface area contributed by atoms with Gasteiger partial charge in [0.1, 0.15) is 0 Å². The first kappa shape index (κ1) is 12.1. The lowest BCUT2D eigenvalue weighted by Crippen LogP contribution is -2.13. The molecule has 0 radical (unpaired) electrons. The SMILES string of the molecule is NC(Cc1ccsc1)c1cc(Br)ccc1Cl. The molecule has 1 atom stereocenters. The van der Waals surface area contributed by atoms with Crippen LogP contribution in [-0.2, 0) is 6.42 Å². The highest BCUT2D eigenvalue weighted by molar-refractivity contribution is 9.10. The quantitative estimate of drug-likeness (QED) is 0.892. The van der Waals surface area contributed by atoms with Crippen LogP contribution < -0.4 is 5.73 Å². The van der Waals surface area contributed by atoms with E-state index >= 15 is 0 Å². The summed E-state index contributed by atoms with van der Waals surface area (Å²) in [4.78, 5) is 0. The molecule has 0 amide bonds. The van der Waals surface area contributed by atoms with E-state index in [-0.39, 0.29) is 6.04 Å². The van der Waals surface area contributed by atoms with Crippen molar-refractivity contribution in [2.75, 3.05) is 0 Å². The third-order valence-electron chi connectivity index (χ3n) is 2.39. The van der Waals surface area contributed by atoms with Gasteiger partial charge in [0.05, 0.1) is 0 Å². The zero-order valence-corrected chi connectivity index (χ0v) is 11.6. The fourth-order valence-corrected chi connectivity index (χ4v) is 2.89. The van der Waals surface area contributed by atoms with Crippen molar-refractivity contribution in [1.29, 1.82) is 0 Å². The third-order valence-corrected chi connectivity index (χ3v) is 3.96. The second kappa shape index (κ2) is 5.32. The molecule has 2 rings (SSSR count). The molecule has 0 fully saturated rings. The highest BCUT2D eigenvalue weighted by Gasteiger charge is 2.11. The van der Waals surface area contributed by atoms with E-state index in [0.717, 1.165) is 21.5 Å². The van der Waals surface area contributed by atoms with Crippen molar-refractivity contribution in [3.8, 4) is 0 Å². The van der Waals surface area contributed by atoms with Gasteiger partial charge in [-0.25, -0.2) is 0 Å². The molecular formula is C12H11BrClNS. The van der Waals surface area contributed by atoms with E-state index in [4.69, 9.17) is 17.3 Å². The Balaban J connectivity index is 2.20. The first-order valence-corrected chi connectivity index (χ1v) is 7.00. The lowest BCUT2D eigenvalue weighted by atomic mass is 10.0. The van der Waals surface area contributed by atoms with Crippen molar-refractivity contribution < 1.29 is 0 Å². The van der Waals surface area contributed by atoms with Gasteiger partial charge < -0.3 is 5.73 Å². The van der Waals surface area contributed by atoms with Crippen LogP contribution in [0.4, 0.5) is 0 Å². The fourth-order valence-electron chi connectivity index (χ4n) is 1.57. The molecule has 1 unspecified atom stereocenters. The summed E-state index contributed by atoms with van der Waals surface area (Å²) in [6, 6.07) is 7.81. The Hall–Kier alpha value is -0.350. The number of benzene rings is 1. The Morgan fingerprint density at radius 1 is 1.38 bits per heavy atom. The second-order valence-electron chi connectivity index (χ2n) is 3.61. The zero-order chi connectivity index (χ0) is 11.5. The molecule has 2 aromatic rings. The molecule has 2 N–H and O–H groups in total. The van der Waals surface area contributed by atoms with Crippen molar-refractivity contribution >= 4 is 38.9 Å². The molecule has 4 heteroatoms. The lowest BCUT2D eigenvalue weighted by molar-refractivity contribution is 0.723. The number of hydrogen-bond acceptors (Lipinski definition) is 2. The smallest absolute Gasteiger partial charge is 0.0454 e. The average Bonchev–Trinajstić information content (AvgIpc) is 2.74. The Bertz CT molecular complexity index is 470. The van der Waals surface area contributed by atoms with E-state index in [1.807, 2.05) is 18.2 Å². The van der Waals surface area contributed by atoms with Crippen LogP contribution in [0.5, 0.6) is 0 Å². The van der Waals surface area contributed by atoms with Crippen molar-refractivity contribution in [2.45, 2.75) is 12.5 Å². The highest BCUT2D eigenvalue weighted by Crippen LogP contribution is 2.27. The fraction of sp³-hybridized carbons (Fsp3) is 0.167. The maximum Gasteiger partial charge on any atom is 0.0454 e. The predicted molar refractivity (Wildman–Crippen MR) is 74.1 cm³/mol. The normalized spacial score (nSPS) is 12.7. The molecule has 1 aromatic heterocycles. The summed E-state index contributed by atoms with van der Waals surface area (Å²) in [7, 11) is 0. The first-order chi connectivity index (χ1) is 7.66. The van der Waals surface area contributed by atoms with E-state index in [9.17, 15) is 0 Å². The summed E-state index contributed by atoms with van der Waals surface area (Å²) in [5.41, 5.74) is 8.40. The summed E-state index contributed by atoms with van der Waals surface area (Å²) in [6.07, 6.45) is 0.819. The molecule has 0 saturated heterocycles. The summed E-state index contributed by atoms with van der Waals surface area (Å²) in [5, 5.41) is 4.90. The van der Waals surface area contributed by atoms with Crippen LogP contribution in [-0.4, -0.2) is 0 Å². The number of hydrogen-bond donors (Lipinski definition) is 1. The van der Waals surface area contributed by atoms with Crippen molar-refractivity contribution in [3.63, 3.8) is 0 Å². The minimum Gasteiger partial charge on any atom is -0.324 e. The van der Waals surface area contributed by atoms with Crippen LogP contribution >= 0.6 is 38.9 Å². The Kier molecular flexibility index (Phi) is 4.03. The van der Waals surface area contributed by atoms with E-state index in [2.05, 4.69) is 32.8 Å². The van der Waals surface area contributed by atoms with Crippen LogP contribution in [0.25, 0.3) is 0 Å². The topological polar surface area (TPSA) is 26.0 Å². The Morgan fingerprint density at radius 3 is 2.88 bits per heavy atom. The number of nitrogens with two attached hydrogens (primary N) is 1. The molecule has 0 aliphatic rings. The Labute approximate surface area is 112 Å². The summed E-state index contributed by atoms with van der Waals surface area (Å²) < 4.78 is 1.01. The van der Waals surface area contributed by atoms with Crippen LogP contribution in [0, 0.1) is 0 Å². The summed E-state index contributed by atoms with van der Waals surface area (Å²) in [5.74, 6) is 0. The molecule has 0 aliphatic carbocycles. The molecule has 1 nitrogen and oxygen atoms in total. The number of thiophene rings is 1. The van der Waals surface area contributed by atoms with Gasteiger partial charge in [0.2, 0.25) is 0 Å². The molecule has 1 aromatic carbocycles. The van der Waals surface area contributed by atoms with Gasteiger partial charge in [-0.2, -0.15) is 11.3 Å². The average molecular weight is 317 g/mol.